The lowest BCUT2D eigenvalue weighted by Crippen LogP contribution is -2.52. The second-order valence-corrected chi connectivity index (χ2v) is 17.5. The van der Waals surface area contributed by atoms with Crippen molar-refractivity contribution in [3.63, 3.8) is 0 Å². The number of piperidine rings is 2. The normalized spacial score (nSPS) is 25.4. The van der Waals surface area contributed by atoms with E-state index in [2.05, 4.69) is 57.9 Å². The fraction of sp³-hybridized carbons (Fsp3) is 0.465. The number of fused-ring (bicyclic) bond motifs is 9. The van der Waals surface area contributed by atoms with E-state index in [1.54, 1.807) is 11.0 Å². The van der Waals surface area contributed by atoms with Gasteiger partial charge in [0.25, 0.3) is 11.5 Å². The molecule has 3 amide bonds. The highest BCUT2D eigenvalue weighted by atomic mass is 35.5. The van der Waals surface area contributed by atoms with Crippen LogP contribution in [0.3, 0.4) is 0 Å². The number of ether oxygens (including phenoxy) is 1. The molecule has 0 radical (unpaired) electrons. The number of rotatable bonds is 4. The molecule has 1 atom stereocenters. The first kappa shape index (κ1) is 34.0. The number of likely N-dealkylation sites (tertiary alicyclic amines) is 1. The summed E-state index contributed by atoms with van der Waals surface area (Å²) in [4.78, 5) is 59.6. The van der Waals surface area contributed by atoms with E-state index in [9.17, 15) is 19.2 Å². The molecular weight excluding hydrogens is 702 g/mol. The predicted molar refractivity (Wildman–Crippen MR) is 205 cm³/mol. The topological polar surface area (TPSA) is 114 Å². The Hall–Kier alpha value is -4.54. The highest BCUT2D eigenvalue weighted by Crippen LogP contribution is 2.50. The SMILES string of the molecule is CC1(C)c2ccc(C3CCC(CN4CCC5(CC4)COc4c5ccc5c4CN([C@H]4CCC(=O)NC4=O)C5=O)CC3)cc2-n2c1nc(=O)c1c(Cl)cccc12. The van der Waals surface area contributed by atoms with Crippen LogP contribution in [0.1, 0.15) is 110 Å². The molecule has 1 aromatic heterocycles. The molecule has 11 heteroatoms. The van der Waals surface area contributed by atoms with E-state index >= 15 is 0 Å². The molecule has 10 nitrogen and oxygen atoms in total. The number of aromatic nitrogens is 2. The predicted octanol–water partition coefficient (Wildman–Crippen LogP) is 6.14. The first-order valence-corrected chi connectivity index (χ1v) is 19.9. The van der Waals surface area contributed by atoms with Crippen molar-refractivity contribution in [1.82, 2.24) is 24.7 Å². The van der Waals surface area contributed by atoms with E-state index in [0.717, 1.165) is 73.7 Å². The van der Waals surface area contributed by atoms with E-state index in [1.165, 1.54) is 29.5 Å². The molecule has 54 heavy (non-hydrogen) atoms. The van der Waals surface area contributed by atoms with Gasteiger partial charge in [-0.3, -0.25) is 29.1 Å². The molecule has 10 rings (SSSR count). The van der Waals surface area contributed by atoms with Gasteiger partial charge < -0.3 is 14.5 Å². The van der Waals surface area contributed by atoms with Crippen LogP contribution in [0.2, 0.25) is 5.02 Å². The molecule has 0 bridgehead atoms. The van der Waals surface area contributed by atoms with E-state index in [4.69, 9.17) is 16.3 Å². The standard InChI is InChI=1S/C43H44ClN5O5/c1-42(2)29-12-10-26(20-34(29)49-32-5-3-4-31(44)36(32)39(52)46-41(42)49)25-8-6-24(7-9-25)21-47-18-16-43(17-19-47)23-54-37-28-22-48(33-14-15-35(50)45-38(33)51)40(53)27(28)11-13-30(37)43/h3-5,10-13,20,24-25,33H,6-9,14-19,21-23H2,1-2H3,(H,45,50,51)/t24?,25?,33-/m0/s1. The van der Waals surface area contributed by atoms with Crippen LogP contribution in [0.15, 0.2) is 53.3 Å². The average Bonchev–Trinajstić information content (AvgIpc) is 3.76. The number of amides is 3. The van der Waals surface area contributed by atoms with Crippen LogP contribution in [0, 0.1) is 5.92 Å². The zero-order valence-electron chi connectivity index (χ0n) is 30.8. The van der Waals surface area contributed by atoms with Crippen molar-refractivity contribution in [2.45, 2.75) is 94.5 Å². The minimum Gasteiger partial charge on any atom is -0.492 e. The molecule has 1 saturated carbocycles. The van der Waals surface area contributed by atoms with Crippen molar-refractivity contribution in [2.75, 3.05) is 26.2 Å². The summed E-state index contributed by atoms with van der Waals surface area (Å²) in [7, 11) is 0. The molecule has 2 saturated heterocycles. The van der Waals surface area contributed by atoms with Gasteiger partial charge in [0, 0.05) is 35.1 Å². The van der Waals surface area contributed by atoms with E-state index in [0.29, 0.717) is 47.4 Å². The number of carbonyl (C=O) groups is 3. The number of benzene rings is 3. The molecule has 278 valence electrons. The summed E-state index contributed by atoms with van der Waals surface area (Å²) in [6, 6.07) is 15.9. The van der Waals surface area contributed by atoms with Crippen molar-refractivity contribution in [3.8, 4) is 11.4 Å². The molecule has 6 aliphatic rings. The van der Waals surface area contributed by atoms with Gasteiger partial charge in [0.15, 0.2) is 0 Å². The molecule has 5 aliphatic heterocycles. The quantitative estimate of drug-likeness (QED) is 0.250. The smallest absolute Gasteiger partial charge is 0.282 e. The molecule has 3 aromatic carbocycles. The molecule has 4 aromatic rings. The number of imide groups is 1. The van der Waals surface area contributed by atoms with Gasteiger partial charge in [0.05, 0.1) is 40.2 Å². The largest absolute Gasteiger partial charge is 0.492 e. The summed E-state index contributed by atoms with van der Waals surface area (Å²) in [5, 5.41) is 3.31. The maximum absolute atomic E-state index is 13.4. The van der Waals surface area contributed by atoms with Gasteiger partial charge in [-0.15, -0.1) is 0 Å². The monoisotopic (exact) mass is 745 g/mol. The fourth-order valence-corrected chi connectivity index (χ4v) is 10.9. The van der Waals surface area contributed by atoms with Gasteiger partial charge in [-0.1, -0.05) is 35.9 Å². The third kappa shape index (κ3) is 5.05. The minimum atomic E-state index is -0.628. The highest BCUT2D eigenvalue weighted by Gasteiger charge is 2.48. The van der Waals surface area contributed by atoms with Crippen LogP contribution < -0.4 is 15.6 Å². The second-order valence-electron chi connectivity index (χ2n) is 17.1. The van der Waals surface area contributed by atoms with Crippen LogP contribution in [-0.2, 0) is 27.0 Å². The van der Waals surface area contributed by atoms with Gasteiger partial charge in [-0.2, -0.15) is 4.98 Å². The summed E-state index contributed by atoms with van der Waals surface area (Å²) in [6.45, 7) is 8.43. The van der Waals surface area contributed by atoms with Gasteiger partial charge >= 0.3 is 0 Å². The number of hydrogen-bond acceptors (Lipinski definition) is 7. The Balaban J connectivity index is 0.793. The first-order valence-electron chi connectivity index (χ1n) is 19.6. The maximum Gasteiger partial charge on any atom is 0.282 e. The highest BCUT2D eigenvalue weighted by molar-refractivity contribution is 6.35. The third-order valence-corrected chi connectivity index (χ3v) is 14.1. The average molecular weight is 746 g/mol. The van der Waals surface area contributed by atoms with Crippen LogP contribution in [0.4, 0.5) is 0 Å². The second kappa shape index (κ2) is 12.2. The number of hydrogen-bond donors (Lipinski definition) is 1. The van der Waals surface area contributed by atoms with E-state index < -0.39 is 11.9 Å². The number of nitrogens with one attached hydrogen (secondary N) is 1. The van der Waals surface area contributed by atoms with Gasteiger partial charge in [0.1, 0.15) is 17.6 Å². The van der Waals surface area contributed by atoms with E-state index in [1.807, 2.05) is 18.2 Å². The summed E-state index contributed by atoms with van der Waals surface area (Å²) in [6.07, 6.45) is 7.36. The van der Waals surface area contributed by atoms with E-state index in [-0.39, 0.29) is 34.6 Å². The van der Waals surface area contributed by atoms with Crippen molar-refractivity contribution < 1.29 is 19.1 Å². The molecule has 1 spiro atoms. The Morgan fingerprint density at radius 1 is 0.944 bits per heavy atom. The number of nitrogens with zero attached hydrogens (tertiary/aromatic N) is 4. The Morgan fingerprint density at radius 3 is 2.50 bits per heavy atom. The van der Waals surface area contributed by atoms with Crippen molar-refractivity contribution in [2.24, 2.45) is 5.92 Å². The molecule has 6 heterocycles. The van der Waals surface area contributed by atoms with Gasteiger partial charge in [-0.25, -0.2) is 0 Å². The fourth-order valence-electron chi connectivity index (χ4n) is 10.6. The Morgan fingerprint density at radius 2 is 1.72 bits per heavy atom. The van der Waals surface area contributed by atoms with Crippen LogP contribution in [0.5, 0.6) is 5.75 Å². The Kier molecular flexibility index (Phi) is 7.70. The molecule has 1 aliphatic carbocycles. The van der Waals surface area contributed by atoms with Crippen molar-refractivity contribution in [3.05, 3.63) is 97.5 Å². The summed E-state index contributed by atoms with van der Waals surface area (Å²) >= 11 is 6.52. The number of carbonyl (C=O) groups excluding carboxylic acids is 3. The Bertz CT molecular complexity index is 2350. The molecule has 1 N–H and O–H groups in total. The third-order valence-electron chi connectivity index (χ3n) is 13.7. The van der Waals surface area contributed by atoms with Crippen LogP contribution >= 0.6 is 11.6 Å². The van der Waals surface area contributed by atoms with Gasteiger partial charge in [-0.05, 0) is 119 Å². The first-order chi connectivity index (χ1) is 26.0. The lowest BCUT2D eigenvalue weighted by atomic mass is 9.73. The zero-order valence-corrected chi connectivity index (χ0v) is 31.5. The van der Waals surface area contributed by atoms with Crippen molar-refractivity contribution in [1.29, 1.82) is 0 Å². The summed E-state index contributed by atoms with van der Waals surface area (Å²) in [5.41, 5.74) is 6.47. The minimum absolute atomic E-state index is 0.0518. The zero-order chi connectivity index (χ0) is 37.1. The van der Waals surface area contributed by atoms with Crippen molar-refractivity contribution >= 4 is 40.2 Å². The lowest BCUT2D eigenvalue weighted by molar-refractivity contribution is -0.136. The van der Waals surface area contributed by atoms with Crippen LogP contribution in [-0.4, -0.2) is 69.4 Å². The number of halogens is 1. The summed E-state index contributed by atoms with van der Waals surface area (Å²) in [5.74, 6) is 1.94. The lowest BCUT2D eigenvalue weighted by Gasteiger charge is -2.41. The summed E-state index contributed by atoms with van der Waals surface area (Å²) < 4.78 is 8.57. The maximum atomic E-state index is 13.4. The Labute approximate surface area is 318 Å². The van der Waals surface area contributed by atoms with Gasteiger partial charge in [0.2, 0.25) is 11.8 Å². The molecular formula is C43H44ClN5O5. The molecule has 0 unspecified atom stereocenters. The molecule has 3 fully saturated rings. The van der Waals surface area contributed by atoms with Crippen LogP contribution in [0.25, 0.3) is 16.6 Å².